The van der Waals surface area contributed by atoms with Crippen LogP contribution in [0.25, 0.3) is 0 Å². The van der Waals surface area contributed by atoms with E-state index in [9.17, 15) is 13.2 Å². The molecule has 1 fully saturated rings. The van der Waals surface area contributed by atoms with E-state index < -0.39 is 17.3 Å². The third kappa shape index (κ3) is 2.44. The summed E-state index contributed by atoms with van der Waals surface area (Å²) in [6.07, 6.45) is 1.91. The van der Waals surface area contributed by atoms with Crippen molar-refractivity contribution in [2.75, 3.05) is 0 Å². The molecular formula is C12H15F3N2. The van der Waals surface area contributed by atoms with Crippen molar-refractivity contribution in [1.82, 2.24) is 4.98 Å². The van der Waals surface area contributed by atoms with Crippen LogP contribution in [0.1, 0.15) is 43.2 Å². The molecule has 1 aliphatic rings. The molecule has 0 radical (unpaired) electrons. The first-order valence-electron chi connectivity index (χ1n) is 5.74. The highest BCUT2D eigenvalue weighted by Gasteiger charge is 2.40. The van der Waals surface area contributed by atoms with E-state index in [0.29, 0.717) is 12.8 Å². The van der Waals surface area contributed by atoms with Crippen LogP contribution in [0.4, 0.5) is 13.2 Å². The fourth-order valence-corrected chi connectivity index (χ4v) is 2.51. The summed E-state index contributed by atoms with van der Waals surface area (Å²) >= 11 is 0. The second-order valence-corrected chi connectivity index (χ2v) is 4.64. The number of hydrogen-bond donors (Lipinski definition) is 1. The van der Waals surface area contributed by atoms with Crippen molar-refractivity contribution in [3.05, 3.63) is 29.6 Å². The average Bonchev–Trinajstić information content (AvgIpc) is 2.29. The molecule has 1 saturated carbocycles. The monoisotopic (exact) mass is 244 g/mol. The Balaban J connectivity index is 2.44. The Morgan fingerprint density at radius 1 is 1.18 bits per heavy atom. The van der Waals surface area contributed by atoms with Crippen molar-refractivity contribution in [3.63, 3.8) is 0 Å². The summed E-state index contributed by atoms with van der Waals surface area (Å²) in [7, 11) is 0. The molecule has 0 unspecified atom stereocenters. The fraction of sp³-hybridized carbons (Fsp3) is 0.583. The van der Waals surface area contributed by atoms with Gasteiger partial charge in [-0.15, -0.1) is 0 Å². The molecule has 94 valence electrons. The van der Waals surface area contributed by atoms with Crippen LogP contribution in [0.15, 0.2) is 18.5 Å². The molecule has 0 bridgehead atoms. The van der Waals surface area contributed by atoms with Crippen molar-refractivity contribution in [2.24, 2.45) is 5.73 Å². The Morgan fingerprint density at radius 3 is 2.41 bits per heavy atom. The summed E-state index contributed by atoms with van der Waals surface area (Å²) in [4.78, 5) is 3.56. The number of aromatic nitrogens is 1. The van der Waals surface area contributed by atoms with Gasteiger partial charge in [0.25, 0.3) is 0 Å². The predicted octanol–water partition coefficient (Wildman–Crippen LogP) is 3.22. The molecule has 1 aromatic heterocycles. The highest BCUT2D eigenvalue weighted by Crippen LogP contribution is 2.41. The fourth-order valence-electron chi connectivity index (χ4n) is 2.51. The van der Waals surface area contributed by atoms with E-state index in [-0.39, 0.29) is 5.56 Å². The van der Waals surface area contributed by atoms with E-state index in [2.05, 4.69) is 4.98 Å². The summed E-state index contributed by atoms with van der Waals surface area (Å²) in [5.41, 5.74) is 4.81. The molecule has 1 aromatic rings. The molecule has 0 aliphatic heterocycles. The minimum absolute atomic E-state index is 0.194. The van der Waals surface area contributed by atoms with Crippen LogP contribution in [0.3, 0.4) is 0 Å². The molecule has 2 rings (SSSR count). The van der Waals surface area contributed by atoms with Crippen LogP contribution >= 0.6 is 0 Å². The lowest BCUT2D eigenvalue weighted by molar-refractivity contribution is -0.139. The van der Waals surface area contributed by atoms with E-state index in [0.717, 1.165) is 25.5 Å². The minimum Gasteiger partial charge on any atom is -0.321 e. The second-order valence-electron chi connectivity index (χ2n) is 4.64. The number of halogens is 3. The van der Waals surface area contributed by atoms with Gasteiger partial charge in [0.05, 0.1) is 5.56 Å². The number of nitrogens with two attached hydrogens (primary N) is 1. The summed E-state index contributed by atoms with van der Waals surface area (Å²) in [5, 5.41) is 0. The predicted molar refractivity (Wildman–Crippen MR) is 58.2 cm³/mol. The van der Waals surface area contributed by atoms with Crippen molar-refractivity contribution in [3.8, 4) is 0 Å². The van der Waals surface area contributed by atoms with Crippen LogP contribution in [0.5, 0.6) is 0 Å². The Hall–Kier alpha value is -1.10. The molecule has 0 atom stereocenters. The van der Waals surface area contributed by atoms with Gasteiger partial charge in [0.1, 0.15) is 0 Å². The third-order valence-electron chi connectivity index (χ3n) is 3.41. The van der Waals surface area contributed by atoms with Crippen molar-refractivity contribution in [1.29, 1.82) is 0 Å². The highest BCUT2D eigenvalue weighted by molar-refractivity contribution is 5.33. The smallest absolute Gasteiger partial charge is 0.321 e. The minimum atomic E-state index is -4.38. The highest BCUT2D eigenvalue weighted by atomic mass is 19.4. The van der Waals surface area contributed by atoms with Crippen molar-refractivity contribution in [2.45, 2.75) is 43.8 Å². The van der Waals surface area contributed by atoms with Gasteiger partial charge in [0, 0.05) is 17.9 Å². The molecule has 0 amide bonds. The Morgan fingerprint density at radius 2 is 1.82 bits per heavy atom. The Labute approximate surface area is 98.0 Å². The van der Waals surface area contributed by atoms with Crippen molar-refractivity contribution < 1.29 is 13.2 Å². The lowest BCUT2D eigenvalue weighted by Gasteiger charge is -2.35. The Kier molecular flexibility index (Phi) is 3.12. The quantitative estimate of drug-likeness (QED) is 0.823. The first-order chi connectivity index (χ1) is 7.93. The lowest BCUT2D eigenvalue weighted by atomic mass is 9.76. The van der Waals surface area contributed by atoms with E-state index >= 15 is 0 Å². The second kappa shape index (κ2) is 4.29. The number of hydrogen-bond acceptors (Lipinski definition) is 2. The number of rotatable bonds is 1. The van der Waals surface area contributed by atoms with Gasteiger partial charge in [-0.2, -0.15) is 13.2 Å². The van der Waals surface area contributed by atoms with Gasteiger partial charge in [-0.3, -0.25) is 4.98 Å². The van der Waals surface area contributed by atoms with Gasteiger partial charge < -0.3 is 5.73 Å². The summed E-state index contributed by atoms with van der Waals surface area (Å²) in [6.45, 7) is 0. The Bertz CT molecular complexity index is 395. The maximum Gasteiger partial charge on any atom is 0.418 e. The number of pyridine rings is 1. The molecule has 5 heteroatoms. The molecule has 0 aromatic carbocycles. The number of alkyl halides is 3. The third-order valence-corrected chi connectivity index (χ3v) is 3.41. The molecule has 0 saturated heterocycles. The normalized spacial score (nSPS) is 20.2. The lowest BCUT2D eigenvalue weighted by Crippen LogP contribution is -2.40. The molecule has 1 aliphatic carbocycles. The topological polar surface area (TPSA) is 38.9 Å². The van der Waals surface area contributed by atoms with Gasteiger partial charge in [-0.05, 0) is 24.5 Å². The van der Waals surface area contributed by atoms with E-state index in [4.69, 9.17) is 5.73 Å². The summed E-state index contributed by atoms with van der Waals surface area (Å²) in [5.74, 6) is 0. The van der Waals surface area contributed by atoms with Crippen LogP contribution in [-0.2, 0) is 11.7 Å². The van der Waals surface area contributed by atoms with Crippen LogP contribution < -0.4 is 5.73 Å². The molecule has 2 N–H and O–H groups in total. The standard InChI is InChI=1S/C12H15F3N2/c13-12(14,15)10-8-17-7-4-9(10)11(16)5-2-1-3-6-11/h4,7-8H,1-3,5-6,16H2. The van der Waals surface area contributed by atoms with Gasteiger partial charge in [-0.1, -0.05) is 19.3 Å². The van der Waals surface area contributed by atoms with Crippen molar-refractivity contribution >= 4 is 0 Å². The van der Waals surface area contributed by atoms with Gasteiger partial charge in [0.2, 0.25) is 0 Å². The van der Waals surface area contributed by atoms with E-state index in [1.54, 1.807) is 0 Å². The van der Waals surface area contributed by atoms with Crippen LogP contribution in [0.2, 0.25) is 0 Å². The molecule has 1 heterocycles. The summed E-state index contributed by atoms with van der Waals surface area (Å²) in [6, 6.07) is 1.41. The molecular weight excluding hydrogens is 229 g/mol. The first-order valence-corrected chi connectivity index (χ1v) is 5.74. The average molecular weight is 244 g/mol. The van der Waals surface area contributed by atoms with Gasteiger partial charge >= 0.3 is 6.18 Å². The van der Waals surface area contributed by atoms with E-state index in [1.165, 1.54) is 12.3 Å². The molecule has 2 nitrogen and oxygen atoms in total. The number of nitrogens with zero attached hydrogens (tertiary/aromatic N) is 1. The van der Waals surface area contributed by atoms with Gasteiger partial charge in [0.15, 0.2) is 0 Å². The van der Waals surface area contributed by atoms with Crippen LogP contribution in [0, 0.1) is 0 Å². The van der Waals surface area contributed by atoms with E-state index in [1.807, 2.05) is 0 Å². The SMILES string of the molecule is NC1(c2ccncc2C(F)(F)F)CCCCC1. The van der Waals surface area contributed by atoms with Gasteiger partial charge in [-0.25, -0.2) is 0 Å². The summed E-state index contributed by atoms with van der Waals surface area (Å²) < 4.78 is 38.6. The largest absolute Gasteiger partial charge is 0.418 e. The maximum absolute atomic E-state index is 12.9. The maximum atomic E-state index is 12.9. The molecule has 0 spiro atoms. The van der Waals surface area contributed by atoms with Crippen LogP contribution in [-0.4, -0.2) is 4.98 Å². The first kappa shape index (κ1) is 12.4. The zero-order chi connectivity index (χ0) is 12.5. The zero-order valence-corrected chi connectivity index (χ0v) is 9.43. The zero-order valence-electron chi connectivity index (χ0n) is 9.43. The molecule has 17 heavy (non-hydrogen) atoms.